The molecule has 1 rings (SSSR count). The highest BCUT2D eigenvalue weighted by Crippen LogP contribution is 2.26. The van der Waals surface area contributed by atoms with Crippen molar-refractivity contribution in [2.24, 2.45) is 5.92 Å². The van der Waals surface area contributed by atoms with Crippen LogP contribution in [-0.2, 0) is 0 Å². The molecule has 1 heterocycles. The molecule has 0 aromatic carbocycles. The van der Waals surface area contributed by atoms with E-state index < -0.39 is 0 Å². The molecule has 1 unspecified atom stereocenters. The van der Waals surface area contributed by atoms with Crippen molar-refractivity contribution in [3.63, 3.8) is 0 Å². The number of rotatable bonds is 3. The van der Waals surface area contributed by atoms with E-state index in [9.17, 15) is 0 Å². The largest absolute Gasteiger partial charge is 0.235 e. The van der Waals surface area contributed by atoms with Crippen LogP contribution in [0.15, 0.2) is 27.8 Å². The second kappa shape index (κ2) is 5.01. The summed E-state index contributed by atoms with van der Waals surface area (Å²) in [4.78, 5) is 4.38. The van der Waals surface area contributed by atoms with E-state index in [1.807, 2.05) is 30.0 Å². The summed E-state index contributed by atoms with van der Waals surface area (Å²) >= 11 is 5.19. The molecule has 0 N–H and O–H groups in total. The molecule has 0 saturated carbocycles. The van der Waals surface area contributed by atoms with Gasteiger partial charge in [0.15, 0.2) is 0 Å². The van der Waals surface area contributed by atoms with Crippen LogP contribution >= 0.6 is 27.7 Å². The summed E-state index contributed by atoms with van der Waals surface area (Å²) < 4.78 is 0.911. The average Bonchev–Trinajstić information content (AvgIpc) is 2.04. The van der Waals surface area contributed by atoms with Crippen molar-refractivity contribution in [3.05, 3.63) is 22.8 Å². The molecule has 0 spiro atoms. The molecule has 0 saturated heterocycles. The number of halogens is 1. The first-order valence-corrected chi connectivity index (χ1v) is 6.06. The molecule has 72 valence electrons. The van der Waals surface area contributed by atoms with Gasteiger partial charge in [0.05, 0.1) is 5.03 Å². The Morgan fingerprint density at radius 3 is 2.54 bits per heavy atom. The van der Waals surface area contributed by atoms with Crippen molar-refractivity contribution >= 4 is 27.7 Å². The Balaban J connectivity index is 2.64. The Morgan fingerprint density at radius 2 is 2.00 bits per heavy atom. The van der Waals surface area contributed by atoms with E-state index in [4.69, 9.17) is 0 Å². The summed E-state index contributed by atoms with van der Waals surface area (Å²) in [6.07, 6.45) is 0. The number of aromatic nitrogens is 1. The van der Waals surface area contributed by atoms with Crippen LogP contribution in [0.2, 0.25) is 0 Å². The Labute approximate surface area is 92.5 Å². The SMILES string of the molecule is CC(C)C(C)Sc1cccc(Br)n1. The lowest BCUT2D eigenvalue weighted by Gasteiger charge is -2.13. The highest BCUT2D eigenvalue weighted by Gasteiger charge is 2.09. The summed E-state index contributed by atoms with van der Waals surface area (Å²) in [5, 5.41) is 1.71. The van der Waals surface area contributed by atoms with Crippen molar-refractivity contribution in [3.8, 4) is 0 Å². The van der Waals surface area contributed by atoms with Crippen molar-refractivity contribution in [2.75, 3.05) is 0 Å². The van der Waals surface area contributed by atoms with Gasteiger partial charge in [0.1, 0.15) is 4.60 Å². The Morgan fingerprint density at radius 1 is 1.31 bits per heavy atom. The van der Waals surface area contributed by atoms with Crippen molar-refractivity contribution in [2.45, 2.75) is 31.0 Å². The lowest BCUT2D eigenvalue weighted by molar-refractivity contribution is 0.641. The van der Waals surface area contributed by atoms with Crippen molar-refractivity contribution in [1.82, 2.24) is 4.98 Å². The van der Waals surface area contributed by atoms with E-state index in [1.54, 1.807) is 0 Å². The first-order valence-electron chi connectivity index (χ1n) is 4.39. The van der Waals surface area contributed by atoms with Gasteiger partial charge in [-0.05, 0) is 34.0 Å². The molecule has 0 aliphatic carbocycles. The smallest absolute Gasteiger partial charge is 0.107 e. The number of pyridine rings is 1. The molecular formula is C10H14BrNS. The van der Waals surface area contributed by atoms with Crippen LogP contribution in [0, 0.1) is 5.92 Å². The first kappa shape index (κ1) is 11.1. The van der Waals surface area contributed by atoms with Crippen LogP contribution in [0.25, 0.3) is 0 Å². The minimum atomic E-state index is 0.613. The molecule has 0 fully saturated rings. The number of hydrogen-bond acceptors (Lipinski definition) is 2. The molecular weight excluding hydrogens is 246 g/mol. The minimum absolute atomic E-state index is 0.613. The van der Waals surface area contributed by atoms with Gasteiger partial charge in [-0.15, -0.1) is 11.8 Å². The fourth-order valence-corrected chi connectivity index (χ4v) is 2.20. The van der Waals surface area contributed by atoms with Crippen LogP contribution < -0.4 is 0 Å². The number of hydrogen-bond donors (Lipinski definition) is 0. The highest BCUT2D eigenvalue weighted by molar-refractivity contribution is 9.10. The third kappa shape index (κ3) is 3.69. The van der Waals surface area contributed by atoms with E-state index in [1.165, 1.54) is 0 Å². The number of nitrogens with zero attached hydrogens (tertiary/aromatic N) is 1. The maximum atomic E-state index is 4.38. The zero-order valence-electron chi connectivity index (χ0n) is 8.12. The van der Waals surface area contributed by atoms with Gasteiger partial charge in [0, 0.05) is 5.25 Å². The van der Waals surface area contributed by atoms with E-state index in [0.717, 1.165) is 9.63 Å². The molecule has 0 aliphatic heterocycles. The van der Waals surface area contributed by atoms with Crippen LogP contribution in [0.1, 0.15) is 20.8 Å². The van der Waals surface area contributed by atoms with Crippen LogP contribution in [0.5, 0.6) is 0 Å². The molecule has 3 heteroatoms. The molecule has 1 aromatic rings. The minimum Gasteiger partial charge on any atom is -0.235 e. The molecule has 0 amide bonds. The van der Waals surface area contributed by atoms with Gasteiger partial charge in [-0.3, -0.25) is 0 Å². The van der Waals surface area contributed by atoms with Gasteiger partial charge in [0.25, 0.3) is 0 Å². The highest BCUT2D eigenvalue weighted by atomic mass is 79.9. The van der Waals surface area contributed by atoms with Gasteiger partial charge in [-0.1, -0.05) is 26.8 Å². The zero-order valence-corrected chi connectivity index (χ0v) is 10.5. The summed E-state index contributed by atoms with van der Waals surface area (Å²) in [6, 6.07) is 6.02. The lowest BCUT2D eigenvalue weighted by Crippen LogP contribution is -2.05. The molecule has 1 aromatic heterocycles. The predicted molar refractivity (Wildman–Crippen MR) is 62.1 cm³/mol. The molecule has 0 aliphatic rings. The Kier molecular flexibility index (Phi) is 4.26. The monoisotopic (exact) mass is 259 g/mol. The summed E-state index contributed by atoms with van der Waals surface area (Å²) in [6.45, 7) is 6.70. The van der Waals surface area contributed by atoms with Gasteiger partial charge in [0.2, 0.25) is 0 Å². The molecule has 1 atom stereocenters. The van der Waals surface area contributed by atoms with Gasteiger partial charge >= 0.3 is 0 Å². The van der Waals surface area contributed by atoms with E-state index >= 15 is 0 Å². The van der Waals surface area contributed by atoms with Gasteiger partial charge in [-0.2, -0.15) is 0 Å². The maximum absolute atomic E-state index is 4.38. The standard InChI is InChI=1S/C10H14BrNS/c1-7(2)8(3)13-10-6-4-5-9(11)12-10/h4-8H,1-3H3. The lowest BCUT2D eigenvalue weighted by atomic mass is 10.2. The van der Waals surface area contributed by atoms with Crippen LogP contribution in [-0.4, -0.2) is 10.2 Å². The Bertz CT molecular complexity index is 275. The topological polar surface area (TPSA) is 12.9 Å². The fraction of sp³-hybridized carbons (Fsp3) is 0.500. The van der Waals surface area contributed by atoms with Crippen molar-refractivity contribution in [1.29, 1.82) is 0 Å². The van der Waals surface area contributed by atoms with Gasteiger partial charge < -0.3 is 0 Å². The quantitative estimate of drug-likeness (QED) is 0.602. The number of thioether (sulfide) groups is 1. The van der Waals surface area contributed by atoms with E-state index in [2.05, 4.69) is 41.7 Å². The third-order valence-corrected chi connectivity index (χ3v) is 3.76. The normalized spacial score (nSPS) is 13.3. The third-order valence-electron chi connectivity index (χ3n) is 1.94. The first-order chi connectivity index (χ1) is 6.09. The molecule has 1 nitrogen and oxygen atoms in total. The van der Waals surface area contributed by atoms with E-state index in [0.29, 0.717) is 11.2 Å². The van der Waals surface area contributed by atoms with Crippen LogP contribution in [0.4, 0.5) is 0 Å². The Hall–Kier alpha value is -0.0200. The summed E-state index contributed by atoms with van der Waals surface area (Å²) in [7, 11) is 0. The predicted octanol–water partition coefficient (Wildman–Crippen LogP) is 3.98. The fourth-order valence-electron chi connectivity index (χ4n) is 0.782. The molecule has 0 radical (unpaired) electrons. The van der Waals surface area contributed by atoms with Crippen LogP contribution in [0.3, 0.4) is 0 Å². The van der Waals surface area contributed by atoms with Crippen molar-refractivity contribution < 1.29 is 0 Å². The second-order valence-electron chi connectivity index (χ2n) is 3.37. The van der Waals surface area contributed by atoms with Gasteiger partial charge in [-0.25, -0.2) is 4.98 Å². The maximum Gasteiger partial charge on any atom is 0.107 e. The molecule has 13 heavy (non-hydrogen) atoms. The molecule has 0 bridgehead atoms. The zero-order chi connectivity index (χ0) is 9.84. The summed E-state index contributed by atoms with van der Waals surface area (Å²) in [5.41, 5.74) is 0. The van der Waals surface area contributed by atoms with E-state index in [-0.39, 0.29) is 0 Å². The second-order valence-corrected chi connectivity index (χ2v) is 5.58. The summed E-state index contributed by atoms with van der Waals surface area (Å²) in [5.74, 6) is 0.686. The average molecular weight is 260 g/mol.